The van der Waals surface area contributed by atoms with Crippen LogP contribution < -0.4 is 5.73 Å². The summed E-state index contributed by atoms with van der Waals surface area (Å²) in [6.45, 7) is 7.06. The van der Waals surface area contributed by atoms with Gasteiger partial charge in [-0.25, -0.2) is 0 Å². The molecular weight excluding hydrogens is 254 g/mol. The SMILES string of the molecule is CCC1(C(=O)O)C(N)SC(C(=O)O)(C(C)C)C1C. The number of nitrogens with two attached hydrogens (primary N) is 1. The van der Waals surface area contributed by atoms with Crippen LogP contribution in [-0.2, 0) is 9.59 Å². The van der Waals surface area contributed by atoms with Gasteiger partial charge in [-0.15, -0.1) is 11.8 Å². The van der Waals surface area contributed by atoms with Crippen LogP contribution in [0.1, 0.15) is 34.1 Å². The molecule has 1 heterocycles. The zero-order valence-corrected chi connectivity index (χ0v) is 12.0. The van der Waals surface area contributed by atoms with Gasteiger partial charge in [-0.05, 0) is 12.3 Å². The van der Waals surface area contributed by atoms with Gasteiger partial charge in [-0.1, -0.05) is 27.7 Å². The molecule has 1 aliphatic heterocycles. The number of hydrogen-bond donors (Lipinski definition) is 3. The Labute approximate surface area is 111 Å². The van der Waals surface area contributed by atoms with Gasteiger partial charge >= 0.3 is 11.9 Å². The van der Waals surface area contributed by atoms with Gasteiger partial charge in [-0.2, -0.15) is 0 Å². The van der Waals surface area contributed by atoms with Crippen molar-refractivity contribution >= 4 is 23.7 Å². The van der Waals surface area contributed by atoms with Crippen molar-refractivity contribution in [1.82, 2.24) is 0 Å². The van der Waals surface area contributed by atoms with E-state index in [2.05, 4.69) is 0 Å². The zero-order chi connectivity index (χ0) is 14.3. The van der Waals surface area contributed by atoms with Gasteiger partial charge in [-0.3, -0.25) is 9.59 Å². The normalized spacial score (nSPS) is 40.1. The van der Waals surface area contributed by atoms with Crippen molar-refractivity contribution in [2.75, 3.05) is 0 Å². The number of thioether (sulfide) groups is 1. The standard InChI is InChI=1S/C12H21NO4S/c1-5-11(9(14)15)7(4)12(6(2)3,10(16)17)18-8(11)13/h6-8H,5,13H2,1-4H3,(H,14,15)(H,16,17). The first-order valence-electron chi connectivity index (χ1n) is 6.08. The first-order valence-corrected chi connectivity index (χ1v) is 6.96. The van der Waals surface area contributed by atoms with Gasteiger partial charge in [0.05, 0.1) is 10.8 Å². The molecule has 4 atom stereocenters. The Kier molecular flexibility index (Phi) is 4.03. The summed E-state index contributed by atoms with van der Waals surface area (Å²) >= 11 is 1.09. The van der Waals surface area contributed by atoms with E-state index in [-0.39, 0.29) is 5.92 Å². The second kappa shape index (κ2) is 4.74. The van der Waals surface area contributed by atoms with E-state index >= 15 is 0 Å². The second-order valence-corrected chi connectivity index (χ2v) is 6.63. The Morgan fingerprint density at radius 2 is 1.83 bits per heavy atom. The molecule has 0 amide bonds. The topological polar surface area (TPSA) is 101 Å². The van der Waals surface area contributed by atoms with E-state index in [4.69, 9.17) is 5.73 Å². The lowest BCUT2D eigenvalue weighted by atomic mass is 9.65. The molecule has 0 saturated carbocycles. The van der Waals surface area contributed by atoms with Crippen LogP contribution in [0.2, 0.25) is 0 Å². The molecule has 1 rings (SSSR count). The van der Waals surface area contributed by atoms with Gasteiger partial charge in [0.25, 0.3) is 0 Å². The Morgan fingerprint density at radius 3 is 2.00 bits per heavy atom. The summed E-state index contributed by atoms with van der Waals surface area (Å²) in [6.07, 6.45) is 0.333. The molecule has 104 valence electrons. The van der Waals surface area contributed by atoms with Crippen LogP contribution in [0.25, 0.3) is 0 Å². The van der Waals surface area contributed by atoms with Crippen molar-refractivity contribution in [3.8, 4) is 0 Å². The summed E-state index contributed by atoms with van der Waals surface area (Å²) in [5, 5.41) is 18.4. The predicted octanol–water partition coefficient (Wildman–Crippen LogP) is 1.61. The quantitative estimate of drug-likeness (QED) is 0.720. The highest BCUT2D eigenvalue weighted by Crippen LogP contribution is 2.60. The summed E-state index contributed by atoms with van der Waals surface area (Å²) in [5.41, 5.74) is 4.81. The van der Waals surface area contributed by atoms with Gasteiger partial charge in [0, 0.05) is 5.92 Å². The largest absolute Gasteiger partial charge is 0.481 e. The molecule has 1 saturated heterocycles. The van der Waals surface area contributed by atoms with Crippen molar-refractivity contribution in [3.63, 3.8) is 0 Å². The highest BCUT2D eigenvalue weighted by Gasteiger charge is 2.67. The molecule has 5 nitrogen and oxygen atoms in total. The summed E-state index contributed by atoms with van der Waals surface area (Å²) in [7, 11) is 0. The lowest BCUT2D eigenvalue weighted by Gasteiger charge is -2.37. The van der Waals surface area contributed by atoms with E-state index < -0.39 is 33.4 Å². The minimum Gasteiger partial charge on any atom is -0.481 e. The van der Waals surface area contributed by atoms with E-state index in [1.54, 1.807) is 27.7 Å². The highest BCUT2D eigenvalue weighted by molar-refractivity contribution is 8.02. The Hall–Kier alpha value is -0.750. The lowest BCUT2D eigenvalue weighted by Crippen LogP contribution is -2.51. The molecule has 0 aromatic carbocycles. The van der Waals surface area contributed by atoms with Crippen molar-refractivity contribution in [1.29, 1.82) is 0 Å². The third-order valence-corrected chi connectivity index (χ3v) is 6.48. The Bertz CT molecular complexity index is 373. The van der Waals surface area contributed by atoms with E-state index in [1.165, 1.54) is 0 Å². The first-order chi connectivity index (χ1) is 8.17. The number of hydrogen-bond acceptors (Lipinski definition) is 4. The smallest absolute Gasteiger partial charge is 0.320 e. The Morgan fingerprint density at radius 1 is 1.33 bits per heavy atom. The average Bonchev–Trinajstić information content (AvgIpc) is 2.48. The van der Waals surface area contributed by atoms with Crippen molar-refractivity contribution < 1.29 is 19.8 Å². The first kappa shape index (κ1) is 15.3. The molecule has 4 N–H and O–H groups in total. The van der Waals surface area contributed by atoms with Crippen LogP contribution in [0.3, 0.4) is 0 Å². The molecule has 4 unspecified atom stereocenters. The van der Waals surface area contributed by atoms with E-state index in [0.29, 0.717) is 6.42 Å². The molecule has 6 heteroatoms. The van der Waals surface area contributed by atoms with Crippen LogP contribution in [-0.4, -0.2) is 32.3 Å². The second-order valence-electron chi connectivity index (χ2n) is 5.21. The molecule has 0 aromatic rings. The summed E-state index contributed by atoms with van der Waals surface area (Å²) in [5.74, 6) is -2.68. The number of carbonyl (C=O) groups is 2. The molecule has 1 fully saturated rings. The molecule has 0 aromatic heterocycles. The maximum atomic E-state index is 11.7. The summed E-state index contributed by atoms with van der Waals surface area (Å²) < 4.78 is -1.13. The third-order valence-electron chi connectivity index (χ3n) is 4.42. The molecule has 0 radical (unpaired) electrons. The fraction of sp³-hybridized carbons (Fsp3) is 0.833. The van der Waals surface area contributed by atoms with E-state index in [0.717, 1.165) is 11.8 Å². The molecule has 18 heavy (non-hydrogen) atoms. The molecular formula is C12H21NO4S. The molecule has 0 bridgehead atoms. The van der Waals surface area contributed by atoms with Crippen LogP contribution in [0, 0.1) is 17.3 Å². The molecule has 0 aliphatic carbocycles. The number of carboxylic acid groups (broad SMARTS) is 2. The number of aliphatic carboxylic acids is 2. The van der Waals surface area contributed by atoms with Gasteiger partial charge in [0.2, 0.25) is 0 Å². The van der Waals surface area contributed by atoms with Gasteiger partial charge < -0.3 is 15.9 Å². The van der Waals surface area contributed by atoms with Crippen molar-refractivity contribution in [2.45, 2.75) is 44.2 Å². The molecule has 0 spiro atoms. The minimum absolute atomic E-state index is 0.186. The van der Waals surface area contributed by atoms with Crippen LogP contribution in [0.5, 0.6) is 0 Å². The summed E-state index contributed by atoms with van der Waals surface area (Å²) in [6, 6.07) is 0. The molecule has 1 aliphatic rings. The lowest BCUT2D eigenvalue weighted by molar-refractivity contribution is -0.155. The van der Waals surface area contributed by atoms with Crippen LogP contribution in [0.15, 0.2) is 0 Å². The van der Waals surface area contributed by atoms with Gasteiger partial charge in [0.1, 0.15) is 4.75 Å². The van der Waals surface area contributed by atoms with Gasteiger partial charge in [0.15, 0.2) is 0 Å². The van der Waals surface area contributed by atoms with Crippen molar-refractivity contribution in [3.05, 3.63) is 0 Å². The minimum atomic E-state index is -1.17. The zero-order valence-electron chi connectivity index (χ0n) is 11.1. The monoisotopic (exact) mass is 275 g/mol. The third kappa shape index (κ3) is 1.66. The van der Waals surface area contributed by atoms with E-state index in [9.17, 15) is 19.8 Å². The van der Waals surface area contributed by atoms with Crippen molar-refractivity contribution in [2.24, 2.45) is 23.0 Å². The number of rotatable bonds is 4. The number of carboxylic acids is 2. The van der Waals surface area contributed by atoms with E-state index in [1.807, 2.05) is 0 Å². The van der Waals surface area contributed by atoms with Crippen LogP contribution in [0.4, 0.5) is 0 Å². The maximum absolute atomic E-state index is 11.7. The fourth-order valence-corrected chi connectivity index (χ4v) is 5.02. The predicted molar refractivity (Wildman–Crippen MR) is 70.3 cm³/mol. The maximum Gasteiger partial charge on any atom is 0.320 e. The fourth-order valence-electron chi connectivity index (χ4n) is 3.13. The van der Waals surface area contributed by atoms with Crippen LogP contribution >= 0.6 is 11.8 Å². The average molecular weight is 275 g/mol. The summed E-state index contributed by atoms with van der Waals surface area (Å²) in [4.78, 5) is 23.3. The Balaban J connectivity index is 3.40. The highest BCUT2D eigenvalue weighted by atomic mass is 32.2.